The molecule has 0 aromatic heterocycles. The molecule has 0 radical (unpaired) electrons. The number of hydrogen-bond donors (Lipinski definition) is 0. The van der Waals surface area contributed by atoms with Crippen molar-refractivity contribution in [1.82, 2.24) is 0 Å². The Morgan fingerprint density at radius 3 is 2.47 bits per heavy atom. The van der Waals surface area contributed by atoms with Crippen molar-refractivity contribution < 1.29 is 0 Å². The Morgan fingerprint density at radius 2 is 1.53 bits per heavy atom. The zero-order valence-corrected chi connectivity index (χ0v) is 12.9. The van der Waals surface area contributed by atoms with E-state index in [4.69, 9.17) is 0 Å². The molecule has 0 aromatic rings. The lowest BCUT2D eigenvalue weighted by Gasteiger charge is -2.59. The van der Waals surface area contributed by atoms with Crippen molar-refractivity contribution in [2.45, 2.75) is 84.0 Å². The highest BCUT2D eigenvalue weighted by atomic mass is 14.6. The van der Waals surface area contributed by atoms with Crippen molar-refractivity contribution in [2.24, 2.45) is 35.0 Å². The molecule has 0 unspecified atom stereocenters. The second kappa shape index (κ2) is 4.78. The molecule has 4 aliphatic carbocycles. The van der Waals surface area contributed by atoms with E-state index in [0.717, 1.165) is 35.0 Å². The molecule has 0 N–H and O–H groups in total. The Labute approximate surface area is 119 Å². The van der Waals surface area contributed by atoms with Gasteiger partial charge in [-0.1, -0.05) is 39.0 Å². The molecule has 0 bridgehead atoms. The van der Waals surface area contributed by atoms with Crippen molar-refractivity contribution >= 4 is 0 Å². The molecule has 0 heterocycles. The van der Waals surface area contributed by atoms with Crippen LogP contribution in [0.5, 0.6) is 0 Å². The summed E-state index contributed by atoms with van der Waals surface area (Å²) in [7, 11) is 0. The fourth-order valence-electron chi connectivity index (χ4n) is 7.08. The molecule has 0 aliphatic heterocycles. The summed E-state index contributed by atoms with van der Waals surface area (Å²) < 4.78 is 0. The fraction of sp³-hybridized carbons (Fsp3) is 1.00. The van der Waals surface area contributed by atoms with Crippen molar-refractivity contribution in [3.63, 3.8) is 0 Å². The summed E-state index contributed by atoms with van der Waals surface area (Å²) in [6, 6.07) is 0. The number of fused-ring (bicyclic) bond motifs is 5. The summed E-state index contributed by atoms with van der Waals surface area (Å²) in [6.45, 7) is 2.71. The van der Waals surface area contributed by atoms with E-state index >= 15 is 0 Å². The van der Waals surface area contributed by atoms with E-state index in [-0.39, 0.29) is 0 Å². The van der Waals surface area contributed by atoms with Crippen LogP contribution in [0.1, 0.15) is 84.0 Å². The standard InChI is InChI=1S/C19H32/c1-19-13-5-4-7-15(19)10-11-17-16-8-3-2-6-14(16)9-12-18(17)19/h14-18H,2-13H2,1H3/t14-,15+,16+,17-,18-,19-/m0/s1. The van der Waals surface area contributed by atoms with Crippen molar-refractivity contribution in [3.8, 4) is 0 Å². The lowest BCUT2D eigenvalue weighted by molar-refractivity contribution is -0.0968. The van der Waals surface area contributed by atoms with Crippen molar-refractivity contribution in [1.29, 1.82) is 0 Å². The average molecular weight is 260 g/mol. The fourth-order valence-corrected chi connectivity index (χ4v) is 7.08. The predicted molar refractivity (Wildman–Crippen MR) is 81.0 cm³/mol. The third-order valence-electron chi connectivity index (χ3n) is 8.03. The normalized spacial score (nSPS) is 53.8. The van der Waals surface area contributed by atoms with Crippen LogP contribution in [-0.2, 0) is 0 Å². The summed E-state index contributed by atoms with van der Waals surface area (Å²) in [4.78, 5) is 0. The van der Waals surface area contributed by atoms with Gasteiger partial charge in [-0.3, -0.25) is 0 Å². The molecule has 6 atom stereocenters. The van der Waals surface area contributed by atoms with Crippen LogP contribution in [0.4, 0.5) is 0 Å². The van der Waals surface area contributed by atoms with Crippen molar-refractivity contribution in [3.05, 3.63) is 0 Å². The first-order chi connectivity index (χ1) is 9.29. The summed E-state index contributed by atoms with van der Waals surface area (Å²) in [5, 5.41) is 0. The van der Waals surface area contributed by atoms with Gasteiger partial charge in [0.15, 0.2) is 0 Å². The Bertz CT molecular complexity index is 333. The zero-order chi connectivity index (χ0) is 12.9. The minimum atomic E-state index is 0.754. The second-order valence-electron chi connectivity index (χ2n) is 8.58. The lowest BCUT2D eigenvalue weighted by atomic mass is 9.46. The molecule has 4 saturated carbocycles. The first kappa shape index (κ1) is 12.7. The topological polar surface area (TPSA) is 0 Å². The predicted octanol–water partition coefficient (Wildman–Crippen LogP) is 5.81. The second-order valence-corrected chi connectivity index (χ2v) is 8.58. The maximum Gasteiger partial charge on any atom is -0.0266 e. The maximum absolute atomic E-state index is 2.71. The first-order valence-corrected chi connectivity index (χ1v) is 9.29. The zero-order valence-electron chi connectivity index (χ0n) is 12.9. The van der Waals surface area contributed by atoms with Gasteiger partial charge in [0.1, 0.15) is 0 Å². The molecule has 4 rings (SSSR count). The highest BCUT2D eigenvalue weighted by molar-refractivity contribution is 5.02. The van der Waals surface area contributed by atoms with E-state index in [1.54, 1.807) is 64.2 Å². The first-order valence-electron chi connectivity index (χ1n) is 9.29. The minimum absolute atomic E-state index is 0.754. The molecule has 0 spiro atoms. The monoisotopic (exact) mass is 260 g/mol. The summed E-state index contributed by atoms with van der Waals surface area (Å²) in [5.41, 5.74) is 0.754. The van der Waals surface area contributed by atoms with Crippen LogP contribution in [0.15, 0.2) is 0 Å². The average Bonchev–Trinajstić information content (AvgIpc) is 2.46. The van der Waals surface area contributed by atoms with Gasteiger partial charge < -0.3 is 0 Å². The SMILES string of the molecule is C[C@]12CCCC[C@@H]1CC[C@H]1[C@@H]3CCCC[C@H]3CC[C@@H]12. The smallest absolute Gasteiger partial charge is 0.0266 e. The molecule has 19 heavy (non-hydrogen) atoms. The molecule has 0 aromatic carbocycles. The van der Waals surface area contributed by atoms with Gasteiger partial charge in [-0.25, -0.2) is 0 Å². The number of hydrogen-bond acceptors (Lipinski definition) is 0. The molecular weight excluding hydrogens is 228 g/mol. The van der Waals surface area contributed by atoms with E-state index < -0.39 is 0 Å². The quantitative estimate of drug-likeness (QED) is 0.515. The van der Waals surface area contributed by atoms with Crippen molar-refractivity contribution in [2.75, 3.05) is 0 Å². The Balaban J connectivity index is 1.60. The van der Waals surface area contributed by atoms with E-state index in [1.165, 1.54) is 12.8 Å². The molecule has 4 fully saturated rings. The van der Waals surface area contributed by atoms with E-state index in [1.807, 2.05) is 0 Å². The largest absolute Gasteiger partial charge is 0.0591 e. The Morgan fingerprint density at radius 1 is 0.684 bits per heavy atom. The van der Waals surface area contributed by atoms with Gasteiger partial charge in [0.25, 0.3) is 0 Å². The van der Waals surface area contributed by atoms with Gasteiger partial charge in [-0.05, 0) is 80.0 Å². The minimum Gasteiger partial charge on any atom is -0.0591 e. The molecule has 0 saturated heterocycles. The molecule has 0 nitrogen and oxygen atoms in total. The Kier molecular flexibility index (Phi) is 3.20. The van der Waals surface area contributed by atoms with Crippen LogP contribution in [0.2, 0.25) is 0 Å². The van der Waals surface area contributed by atoms with Crippen LogP contribution in [-0.4, -0.2) is 0 Å². The maximum atomic E-state index is 2.71. The van der Waals surface area contributed by atoms with Crippen LogP contribution >= 0.6 is 0 Å². The summed E-state index contributed by atoms with van der Waals surface area (Å²) >= 11 is 0. The lowest BCUT2D eigenvalue weighted by Crippen LogP contribution is -2.51. The molecular formula is C19H32. The van der Waals surface area contributed by atoms with E-state index in [2.05, 4.69) is 6.92 Å². The molecule has 0 amide bonds. The third kappa shape index (κ3) is 1.92. The van der Waals surface area contributed by atoms with Gasteiger partial charge in [-0.2, -0.15) is 0 Å². The third-order valence-corrected chi connectivity index (χ3v) is 8.03. The van der Waals surface area contributed by atoms with E-state index in [0.29, 0.717) is 0 Å². The highest BCUT2D eigenvalue weighted by Crippen LogP contribution is 2.62. The molecule has 4 aliphatic rings. The summed E-state index contributed by atoms with van der Waals surface area (Å²) in [5.74, 6) is 5.64. The highest BCUT2D eigenvalue weighted by Gasteiger charge is 2.53. The van der Waals surface area contributed by atoms with Gasteiger partial charge >= 0.3 is 0 Å². The van der Waals surface area contributed by atoms with Gasteiger partial charge in [0.05, 0.1) is 0 Å². The van der Waals surface area contributed by atoms with Crippen LogP contribution in [0, 0.1) is 35.0 Å². The van der Waals surface area contributed by atoms with Gasteiger partial charge in [0, 0.05) is 0 Å². The van der Waals surface area contributed by atoms with Crippen LogP contribution in [0.3, 0.4) is 0 Å². The summed E-state index contributed by atoms with van der Waals surface area (Å²) in [6.07, 6.45) is 18.8. The molecule has 108 valence electrons. The number of rotatable bonds is 0. The van der Waals surface area contributed by atoms with E-state index in [9.17, 15) is 0 Å². The van der Waals surface area contributed by atoms with Crippen LogP contribution in [0.25, 0.3) is 0 Å². The molecule has 0 heteroatoms. The van der Waals surface area contributed by atoms with Gasteiger partial charge in [0.2, 0.25) is 0 Å². The Hall–Kier alpha value is 0. The van der Waals surface area contributed by atoms with Gasteiger partial charge in [-0.15, -0.1) is 0 Å². The van der Waals surface area contributed by atoms with Crippen LogP contribution < -0.4 is 0 Å².